The topological polar surface area (TPSA) is 61.8 Å². The van der Waals surface area contributed by atoms with Crippen molar-refractivity contribution < 1.29 is 18.3 Å². The Kier molecular flexibility index (Phi) is 5.54. The van der Waals surface area contributed by atoms with E-state index in [-0.39, 0.29) is 5.69 Å². The monoisotopic (exact) mass is 439 g/mol. The van der Waals surface area contributed by atoms with E-state index in [2.05, 4.69) is 15.0 Å². The van der Waals surface area contributed by atoms with E-state index in [9.17, 15) is 18.3 Å². The number of nitrogens with zero attached hydrogens (tertiary/aromatic N) is 2. The highest BCUT2D eigenvalue weighted by Crippen LogP contribution is 2.51. The number of hydrogen-bond donors (Lipinski definition) is 2. The molecule has 2 heterocycles. The fourth-order valence-corrected chi connectivity index (χ4v) is 4.43. The zero-order chi connectivity index (χ0) is 23.0. The highest BCUT2D eigenvalue weighted by atomic mass is 19.4. The van der Waals surface area contributed by atoms with Gasteiger partial charge in [0.15, 0.2) is 5.60 Å². The van der Waals surface area contributed by atoms with Gasteiger partial charge in [-0.15, -0.1) is 0 Å². The first kappa shape index (κ1) is 22.0. The lowest BCUT2D eigenvalue weighted by Crippen LogP contribution is -2.53. The number of aromatic nitrogens is 3. The predicted molar refractivity (Wildman–Crippen MR) is 117 cm³/mol. The lowest BCUT2D eigenvalue weighted by atomic mass is 9.68. The number of aliphatic hydroxyl groups is 1. The smallest absolute Gasteiger partial charge is 0.380 e. The van der Waals surface area contributed by atoms with Gasteiger partial charge in [0.1, 0.15) is 6.33 Å². The van der Waals surface area contributed by atoms with E-state index in [4.69, 9.17) is 0 Å². The molecule has 2 N–H and O–H groups in total. The van der Waals surface area contributed by atoms with Gasteiger partial charge in [-0.3, -0.25) is 0 Å². The summed E-state index contributed by atoms with van der Waals surface area (Å²) in [4.78, 5) is 11.1. The molecule has 0 radical (unpaired) electrons. The Bertz CT molecular complexity index is 1160. The molecule has 0 aliphatic carbocycles. The lowest BCUT2D eigenvalue weighted by molar-refractivity contribution is -0.272. The van der Waals surface area contributed by atoms with Crippen LogP contribution in [0.3, 0.4) is 0 Å². The van der Waals surface area contributed by atoms with Crippen molar-refractivity contribution in [3.05, 3.63) is 96.1 Å². The molecule has 0 aliphatic heterocycles. The number of fused-ring (bicyclic) bond motifs is 1. The van der Waals surface area contributed by atoms with Gasteiger partial charge in [-0.05, 0) is 29.0 Å². The number of benzene rings is 2. The van der Waals surface area contributed by atoms with E-state index in [1.165, 1.54) is 12.5 Å². The van der Waals surface area contributed by atoms with Crippen LogP contribution in [0, 0.1) is 0 Å². The highest BCUT2D eigenvalue weighted by Gasteiger charge is 2.61. The molecule has 166 valence electrons. The zero-order valence-electron chi connectivity index (χ0n) is 17.8. The van der Waals surface area contributed by atoms with Crippen molar-refractivity contribution in [2.45, 2.75) is 43.4 Å². The summed E-state index contributed by atoms with van der Waals surface area (Å²) in [5.41, 5.74) is -1.70. The number of alkyl halides is 3. The first-order valence-electron chi connectivity index (χ1n) is 10.3. The summed E-state index contributed by atoms with van der Waals surface area (Å²) in [6, 6.07) is 18.8. The molecule has 2 aromatic carbocycles. The van der Waals surface area contributed by atoms with Crippen molar-refractivity contribution in [1.29, 1.82) is 0 Å². The van der Waals surface area contributed by atoms with Crippen molar-refractivity contribution in [3.63, 3.8) is 0 Å². The quantitative estimate of drug-likeness (QED) is 0.402. The third-order valence-electron chi connectivity index (χ3n) is 5.99. The molecule has 0 fully saturated rings. The lowest BCUT2D eigenvalue weighted by Gasteiger charge is -2.42. The van der Waals surface area contributed by atoms with Gasteiger partial charge in [0, 0.05) is 5.69 Å². The molecule has 2 atom stereocenters. The minimum absolute atomic E-state index is 0.232. The Morgan fingerprint density at radius 3 is 2.19 bits per heavy atom. The van der Waals surface area contributed by atoms with E-state index < -0.39 is 29.5 Å². The normalized spacial score (nSPS) is 15.4. The number of rotatable bonds is 6. The van der Waals surface area contributed by atoms with Gasteiger partial charge in [0.25, 0.3) is 0 Å². The third kappa shape index (κ3) is 4.00. The van der Waals surface area contributed by atoms with Gasteiger partial charge in [0.2, 0.25) is 0 Å². The first-order chi connectivity index (χ1) is 15.1. The Morgan fingerprint density at radius 1 is 0.969 bits per heavy atom. The number of hydrogen-bond acceptors (Lipinski definition) is 3. The molecule has 32 heavy (non-hydrogen) atoms. The van der Waals surface area contributed by atoms with Crippen LogP contribution in [0.15, 0.2) is 79.3 Å². The molecular weight excluding hydrogens is 415 g/mol. The summed E-state index contributed by atoms with van der Waals surface area (Å²) in [6.45, 7) is 3.44. The van der Waals surface area contributed by atoms with Crippen molar-refractivity contribution >= 4 is 11.0 Å². The highest BCUT2D eigenvalue weighted by molar-refractivity contribution is 5.75. The molecule has 2 aromatic heterocycles. The average Bonchev–Trinajstić information content (AvgIpc) is 3.17. The van der Waals surface area contributed by atoms with Gasteiger partial charge in [-0.2, -0.15) is 13.2 Å². The van der Waals surface area contributed by atoms with Crippen LogP contribution in [0.5, 0.6) is 0 Å². The van der Waals surface area contributed by atoms with Gasteiger partial charge in [-0.1, -0.05) is 74.5 Å². The van der Waals surface area contributed by atoms with Crippen LogP contribution >= 0.6 is 0 Å². The van der Waals surface area contributed by atoms with Gasteiger partial charge in [-0.25, -0.2) is 9.97 Å². The van der Waals surface area contributed by atoms with E-state index in [1.807, 2.05) is 6.07 Å². The Hall–Kier alpha value is -3.19. The maximum atomic E-state index is 14.7. The predicted octanol–water partition coefficient (Wildman–Crippen LogP) is 5.75. The van der Waals surface area contributed by atoms with Gasteiger partial charge in [0.05, 0.1) is 23.1 Å². The number of H-pyrrole nitrogens is 1. The van der Waals surface area contributed by atoms with E-state index in [0.717, 1.165) is 5.56 Å². The van der Waals surface area contributed by atoms with E-state index in [1.54, 1.807) is 74.5 Å². The van der Waals surface area contributed by atoms with Crippen LogP contribution in [0.1, 0.15) is 43.0 Å². The molecule has 4 nitrogen and oxygen atoms in total. The Balaban J connectivity index is 1.90. The molecule has 4 rings (SSSR count). The maximum Gasteiger partial charge on any atom is 0.418 e. The van der Waals surface area contributed by atoms with Crippen LogP contribution in [-0.2, 0) is 5.41 Å². The van der Waals surface area contributed by atoms with Crippen LogP contribution in [0.4, 0.5) is 13.2 Å². The van der Waals surface area contributed by atoms with Gasteiger partial charge < -0.3 is 10.1 Å². The molecule has 0 spiro atoms. The fourth-order valence-electron chi connectivity index (χ4n) is 4.43. The van der Waals surface area contributed by atoms with Crippen molar-refractivity contribution in [1.82, 2.24) is 15.0 Å². The first-order valence-corrected chi connectivity index (χ1v) is 10.3. The molecule has 0 amide bonds. The third-order valence-corrected chi connectivity index (χ3v) is 5.99. The fraction of sp³-hybridized carbons (Fsp3) is 0.280. The summed E-state index contributed by atoms with van der Waals surface area (Å²) in [5.74, 6) is -1.39. The second-order valence-electron chi connectivity index (χ2n) is 8.74. The Morgan fingerprint density at radius 2 is 1.59 bits per heavy atom. The minimum Gasteiger partial charge on any atom is -0.380 e. The number of aromatic amines is 1. The van der Waals surface area contributed by atoms with Crippen molar-refractivity contribution in [3.8, 4) is 0 Å². The Labute approximate surface area is 184 Å². The molecule has 0 saturated carbocycles. The van der Waals surface area contributed by atoms with Crippen molar-refractivity contribution in [2.24, 2.45) is 0 Å². The van der Waals surface area contributed by atoms with Crippen LogP contribution < -0.4 is 0 Å². The average molecular weight is 439 g/mol. The number of halogens is 3. The standard InChI is InChI=1S/C25H24F3N3O/c1-23(2,18-11-7-4-8-12-18)15-24(32,25(26,27)28)22(17-9-5-3-6-10-17)20-13-19-21(31-20)14-29-16-30-19/h3-14,16,22,31-32H,15H2,1-2H3. The van der Waals surface area contributed by atoms with Gasteiger partial charge >= 0.3 is 6.18 Å². The molecule has 7 heteroatoms. The summed E-state index contributed by atoms with van der Waals surface area (Å²) in [5, 5.41) is 11.6. The van der Waals surface area contributed by atoms with Crippen LogP contribution in [0.2, 0.25) is 0 Å². The molecule has 0 aliphatic rings. The maximum absolute atomic E-state index is 14.7. The summed E-state index contributed by atoms with van der Waals surface area (Å²) < 4.78 is 44.2. The van der Waals surface area contributed by atoms with E-state index >= 15 is 0 Å². The van der Waals surface area contributed by atoms with Crippen LogP contribution in [-0.4, -0.2) is 31.8 Å². The number of nitrogens with one attached hydrogen (secondary N) is 1. The largest absolute Gasteiger partial charge is 0.418 e. The molecular formula is C25H24F3N3O. The van der Waals surface area contributed by atoms with Crippen molar-refractivity contribution in [2.75, 3.05) is 0 Å². The SMILES string of the molecule is CC(C)(CC(O)(C(c1ccccc1)c1cc2ncncc2[nH]1)C(F)(F)F)c1ccccc1. The summed E-state index contributed by atoms with van der Waals surface area (Å²) in [7, 11) is 0. The summed E-state index contributed by atoms with van der Waals surface area (Å²) >= 11 is 0. The van der Waals surface area contributed by atoms with E-state index in [0.29, 0.717) is 16.6 Å². The molecule has 0 bridgehead atoms. The molecule has 0 saturated heterocycles. The second kappa shape index (κ2) is 8.06. The summed E-state index contributed by atoms with van der Waals surface area (Å²) in [6.07, 6.45) is -2.59. The molecule has 4 aromatic rings. The zero-order valence-corrected chi connectivity index (χ0v) is 17.8. The van der Waals surface area contributed by atoms with Crippen LogP contribution in [0.25, 0.3) is 11.0 Å². The molecule has 2 unspecified atom stereocenters. The minimum atomic E-state index is -4.90. The second-order valence-corrected chi connectivity index (χ2v) is 8.74.